The van der Waals surface area contributed by atoms with Crippen LogP contribution in [0.25, 0.3) is 0 Å². The first-order chi connectivity index (χ1) is 20.3. The van der Waals surface area contributed by atoms with E-state index in [0.29, 0.717) is 48.9 Å². The average Bonchev–Trinajstić information content (AvgIpc) is 3.32. The number of rotatable bonds is 11. The van der Waals surface area contributed by atoms with Gasteiger partial charge in [-0.15, -0.1) is 34.8 Å². The predicted octanol–water partition coefficient (Wildman–Crippen LogP) is 4.90. The SMILES string of the molecule is O=C(OCCCCl)Oc1ccc2c3c1O[C@H]1C(O)CC[C@@]4(OC(=O)OCCCCl)[C@@H](C2)N(C(=O)OCCCCl)CCC314. The van der Waals surface area contributed by atoms with Gasteiger partial charge in [-0.1, -0.05) is 6.07 Å². The monoisotopic (exact) mass is 649 g/mol. The van der Waals surface area contributed by atoms with E-state index in [2.05, 4.69) is 0 Å². The summed E-state index contributed by atoms with van der Waals surface area (Å²) in [4.78, 5) is 40.6. The molecule has 14 heteroatoms. The first-order valence-electron chi connectivity index (χ1n) is 14.2. The van der Waals surface area contributed by atoms with Gasteiger partial charge in [0.05, 0.1) is 37.4 Å². The molecule has 1 spiro atoms. The summed E-state index contributed by atoms with van der Waals surface area (Å²) in [6, 6.07) is 2.76. The standard InChI is InChI=1S/C28H34Cl3NO10/c29-9-1-13-37-24(34)32-12-8-27-21-17-4-5-19(40-25(35)38-14-2-10-30)22(21)41-23(27)18(33)6-7-28(27,20(32)16-17)42-26(36)39-15-3-11-31/h4-5,18,20,23,33H,1-3,6-16H2/t18?,20-,23+,27?,28-/m1/s1. The van der Waals surface area contributed by atoms with Crippen molar-refractivity contribution < 1.29 is 47.9 Å². The Kier molecular flexibility index (Phi) is 9.71. The Labute approximate surface area is 258 Å². The summed E-state index contributed by atoms with van der Waals surface area (Å²) in [5.41, 5.74) is -0.866. The number of aliphatic hydroxyl groups excluding tert-OH is 1. The Morgan fingerprint density at radius 1 is 0.952 bits per heavy atom. The summed E-state index contributed by atoms with van der Waals surface area (Å²) in [6.07, 6.45) is -1.66. The fourth-order valence-corrected chi connectivity index (χ4v) is 7.33. The number of amides is 1. The van der Waals surface area contributed by atoms with Crippen LogP contribution in [0.1, 0.15) is 49.7 Å². The van der Waals surface area contributed by atoms with Crippen molar-refractivity contribution in [3.8, 4) is 11.5 Å². The van der Waals surface area contributed by atoms with Crippen LogP contribution >= 0.6 is 34.8 Å². The van der Waals surface area contributed by atoms with Gasteiger partial charge < -0.3 is 38.4 Å². The molecule has 42 heavy (non-hydrogen) atoms. The second-order valence-electron chi connectivity index (χ2n) is 10.7. The minimum absolute atomic E-state index is 0.0640. The predicted molar refractivity (Wildman–Crippen MR) is 151 cm³/mol. The quantitative estimate of drug-likeness (QED) is 0.116. The molecule has 1 aromatic carbocycles. The highest BCUT2D eigenvalue weighted by Crippen LogP contribution is 2.66. The van der Waals surface area contributed by atoms with Crippen molar-refractivity contribution in [3.05, 3.63) is 23.3 Å². The maximum absolute atomic E-state index is 13.4. The first kappa shape index (κ1) is 31.1. The van der Waals surface area contributed by atoms with E-state index in [-0.39, 0.29) is 57.1 Å². The molecule has 1 saturated carbocycles. The van der Waals surface area contributed by atoms with Gasteiger partial charge in [-0.05, 0) is 56.6 Å². The normalized spacial score (nSPS) is 28.3. The Morgan fingerprint density at radius 3 is 2.31 bits per heavy atom. The number of benzene rings is 1. The summed E-state index contributed by atoms with van der Waals surface area (Å²) in [5.74, 6) is 1.40. The zero-order valence-electron chi connectivity index (χ0n) is 23.0. The molecule has 1 aromatic rings. The van der Waals surface area contributed by atoms with Crippen molar-refractivity contribution in [2.75, 3.05) is 44.0 Å². The number of nitrogens with zero attached hydrogens (tertiary/aromatic N) is 1. The van der Waals surface area contributed by atoms with Gasteiger partial charge in [0.2, 0.25) is 0 Å². The molecule has 2 fully saturated rings. The van der Waals surface area contributed by atoms with Crippen LogP contribution in [0.4, 0.5) is 14.4 Å². The molecule has 1 amide bonds. The third-order valence-corrected chi connectivity index (χ3v) is 9.37. The molecular weight excluding hydrogens is 617 g/mol. The van der Waals surface area contributed by atoms with Gasteiger partial charge in [-0.25, -0.2) is 14.4 Å². The van der Waals surface area contributed by atoms with Gasteiger partial charge in [-0.2, -0.15) is 0 Å². The van der Waals surface area contributed by atoms with Crippen LogP contribution in [0, 0.1) is 0 Å². The largest absolute Gasteiger partial charge is 0.513 e. The lowest BCUT2D eigenvalue weighted by atomic mass is 9.48. The number of aliphatic hydroxyl groups is 1. The van der Waals surface area contributed by atoms with E-state index in [0.717, 1.165) is 5.56 Å². The van der Waals surface area contributed by atoms with Crippen LogP contribution in [-0.4, -0.2) is 96.3 Å². The number of likely N-dealkylation sites (tertiary alicyclic amines) is 1. The van der Waals surface area contributed by atoms with E-state index < -0.39 is 47.7 Å². The highest BCUT2D eigenvalue weighted by molar-refractivity contribution is 6.18. The van der Waals surface area contributed by atoms with Crippen molar-refractivity contribution in [2.24, 2.45) is 0 Å². The minimum Gasteiger partial charge on any atom is -0.482 e. The number of hydrogen-bond donors (Lipinski definition) is 1. The molecule has 2 bridgehead atoms. The van der Waals surface area contributed by atoms with Crippen molar-refractivity contribution in [1.29, 1.82) is 0 Å². The van der Waals surface area contributed by atoms with E-state index in [1.54, 1.807) is 17.0 Å². The van der Waals surface area contributed by atoms with E-state index in [9.17, 15) is 19.5 Å². The summed E-state index contributed by atoms with van der Waals surface area (Å²) >= 11 is 17.2. The average molecular weight is 651 g/mol. The molecule has 1 N–H and O–H groups in total. The maximum atomic E-state index is 13.4. The lowest BCUT2D eigenvalue weighted by molar-refractivity contribution is -0.210. The van der Waals surface area contributed by atoms with E-state index in [4.69, 9.17) is 63.2 Å². The molecule has 0 aromatic heterocycles. The summed E-state index contributed by atoms with van der Waals surface area (Å²) in [6.45, 7) is 0.566. The lowest BCUT2D eigenvalue weighted by Crippen LogP contribution is -2.78. The maximum Gasteiger partial charge on any atom is 0.513 e. The van der Waals surface area contributed by atoms with Gasteiger partial charge in [0.1, 0.15) is 11.7 Å². The molecule has 1 saturated heterocycles. The topological polar surface area (TPSA) is 130 Å². The molecule has 0 radical (unpaired) electrons. The van der Waals surface area contributed by atoms with Crippen molar-refractivity contribution in [1.82, 2.24) is 4.90 Å². The van der Waals surface area contributed by atoms with Gasteiger partial charge >= 0.3 is 18.4 Å². The Hall–Kier alpha value is -2.34. The molecule has 5 rings (SSSR count). The molecule has 2 aliphatic carbocycles. The number of ether oxygens (including phenoxy) is 6. The highest BCUT2D eigenvalue weighted by Gasteiger charge is 2.76. The molecule has 5 atom stereocenters. The number of carbonyl (C=O) groups is 3. The van der Waals surface area contributed by atoms with Crippen LogP contribution in [0.5, 0.6) is 11.5 Å². The van der Waals surface area contributed by atoms with E-state index in [1.165, 1.54) is 0 Å². The smallest absolute Gasteiger partial charge is 0.482 e. The summed E-state index contributed by atoms with van der Waals surface area (Å²) in [7, 11) is 0. The van der Waals surface area contributed by atoms with Crippen molar-refractivity contribution in [2.45, 2.75) is 74.2 Å². The molecule has 232 valence electrons. The highest BCUT2D eigenvalue weighted by atomic mass is 35.5. The molecule has 4 aliphatic rings. The van der Waals surface area contributed by atoms with Crippen LogP contribution in [-0.2, 0) is 30.8 Å². The molecule has 2 heterocycles. The fourth-order valence-electron chi connectivity index (χ4n) is 7.00. The molecule has 2 aliphatic heterocycles. The molecular formula is C28H34Cl3NO10. The third-order valence-electron chi connectivity index (χ3n) is 8.57. The van der Waals surface area contributed by atoms with Gasteiger partial charge in [-0.3, -0.25) is 0 Å². The van der Waals surface area contributed by atoms with Crippen LogP contribution < -0.4 is 9.47 Å². The summed E-state index contributed by atoms with van der Waals surface area (Å²) < 4.78 is 34.2. The molecule has 11 nitrogen and oxygen atoms in total. The fraction of sp³-hybridized carbons (Fsp3) is 0.679. The van der Waals surface area contributed by atoms with Crippen molar-refractivity contribution in [3.63, 3.8) is 0 Å². The number of alkyl halides is 3. The van der Waals surface area contributed by atoms with Gasteiger partial charge in [0.25, 0.3) is 0 Å². The second kappa shape index (κ2) is 13.1. The number of carbonyl (C=O) groups excluding carboxylic acids is 3. The Morgan fingerprint density at radius 2 is 1.62 bits per heavy atom. The zero-order chi connectivity index (χ0) is 29.9. The van der Waals surface area contributed by atoms with Gasteiger partial charge in [0, 0.05) is 29.7 Å². The Bertz CT molecular complexity index is 1190. The number of halogens is 3. The lowest BCUT2D eigenvalue weighted by Gasteiger charge is -2.63. The Balaban J connectivity index is 1.56. The zero-order valence-corrected chi connectivity index (χ0v) is 25.3. The third kappa shape index (κ3) is 5.31. The molecule has 2 unspecified atom stereocenters. The summed E-state index contributed by atoms with van der Waals surface area (Å²) in [5, 5.41) is 11.3. The van der Waals surface area contributed by atoms with E-state index in [1.807, 2.05) is 0 Å². The van der Waals surface area contributed by atoms with E-state index >= 15 is 0 Å². The van der Waals surface area contributed by atoms with Crippen molar-refractivity contribution >= 4 is 53.2 Å². The van der Waals surface area contributed by atoms with Crippen LogP contribution in [0.2, 0.25) is 0 Å². The number of hydrogen-bond acceptors (Lipinski definition) is 10. The first-order valence-corrected chi connectivity index (χ1v) is 15.8. The second-order valence-corrected chi connectivity index (χ2v) is 11.9. The van der Waals surface area contributed by atoms with Gasteiger partial charge in [0.15, 0.2) is 11.5 Å². The number of piperidine rings is 1. The minimum atomic E-state index is -1.32. The van der Waals surface area contributed by atoms with Crippen LogP contribution in [0.3, 0.4) is 0 Å². The van der Waals surface area contributed by atoms with Crippen LogP contribution in [0.15, 0.2) is 12.1 Å².